The molecule has 34 valence electrons. The van der Waals surface area contributed by atoms with E-state index >= 15 is 0 Å². The molecule has 0 saturated heterocycles. The third kappa shape index (κ3) is 1.87. The van der Waals surface area contributed by atoms with Crippen molar-refractivity contribution in [3.8, 4) is 0 Å². The molecular formula is C2H2BF3. The fourth-order valence-electron chi connectivity index (χ4n) is 0. The van der Waals surface area contributed by atoms with Crippen molar-refractivity contribution in [3.05, 3.63) is 12.3 Å². The summed E-state index contributed by atoms with van der Waals surface area (Å²) in [6.07, 6.45) is 0. The zero-order chi connectivity index (χ0) is 5.15. The van der Waals surface area contributed by atoms with Gasteiger partial charge in [0.25, 0.3) is 0 Å². The van der Waals surface area contributed by atoms with E-state index in [2.05, 4.69) is 6.58 Å². The molecule has 0 bridgehead atoms. The topological polar surface area (TPSA) is 0 Å². The maximum Gasteiger partial charge on any atom is 0.600 e. The maximum absolute atomic E-state index is 10.9. The predicted molar refractivity (Wildman–Crippen MR) is 18.2 cm³/mol. The van der Waals surface area contributed by atoms with Crippen LogP contribution in [0.3, 0.4) is 0 Å². The highest BCUT2D eigenvalue weighted by atomic mass is 19.2. The molecule has 0 amide bonds. The number of rotatable bonds is 1. The van der Waals surface area contributed by atoms with E-state index in [-0.39, 0.29) is 0 Å². The summed E-state index contributed by atoms with van der Waals surface area (Å²) in [6, 6.07) is 0. The van der Waals surface area contributed by atoms with Crippen LogP contribution >= 0.6 is 0 Å². The molecule has 0 heterocycles. The van der Waals surface area contributed by atoms with Gasteiger partial charge in [0.1, 0.15) is 5.73 Å². The summed E-state index contributed by atoms with van der Waals surface area (Å²) < 4.78 is 32.2. The molecule has 0 aromatic heterocycles. The molecule has 0 atom stereocenters. The van der Waals surface area contributed by atoms with Crippen LogP contribution in [0.15, 0.2) is 12.3 Å². The minimum Gasteiger partial charge on any atom is -0.279 e. The van der Waals surface area contributed by atoms with E-state index in [0.717, 1.165) is 0 Å². The molecule has 0 fully saturated rings. The summed E-state index contributed by atoms with van der Waals surface area (Å²) >= 11 is 0. The summed E-state index contributed by atoms with van der Waals surface area (Å²) in [5.74, 6) is 0. The van der Waals surface area contributed by atoms with Crippen LogP contribution in [-0.2, 0) is 0 Å². The van der Waals surface area contributed by atoms with Crippen LogP contribution in [0.25, 0.3) is 0 Å². The molecule has 0 aliphatic rings. The minimum atomic E-state index is -3.01. The van der Waals surface area contributed by atoms with Gasteiger partial charge in [0.2, 0.25) is 0 Å². The predicted octanol–water partition coefficient (Wildman–Crippen LogP) is 1.44. The average molecular weight is 93.8 g/mol. The summed E-state index contributed by atoms with van der Waals surface area (Å²) in [7, 11) is -3.01. The summed E-state index contributed by atoms with van der Waals surface area (Å²) in [5.41, 5.74) is -1.57. The Morgan fingerprint density at radius 1 is 1.50 bits per heavy atom. The van der Waals surface area contributed by atoms with Gasteiger partial charge in [-0.1, -0.05) is 6.58 Å². The lowest BCUT2D eigenvalue weighted by Crippen LogP contribution is -1.93. The van der Waals surface area contributed by atoms with Crippen molar-refractivity contribution in [2.45, 2.75) is 0 Å². The van der Waals surface area contributed by atoms with Gasteiger partial charge >= 0.3 is 7.27 Å². The van der Waals surface area contributed by atoms with Crippen molar-refractivity contribution in [2.24, 2.45) is 0 Å². The summed E-state index contributed by atoms with van der Waals surface area (Å²) in [4.78, 5) is 0. The average Bonchev–Trinajstić information content (AvgIpc) is 1.36. The molecule has 0 spiro atoms. The lowest BCUT2D eigenvalue weighted by molar-refractivity contribution is 0.596. The fourth-order valence-corrected chi connectivity index (χ4v) is 0. The lowest BCUT2D eigenvalue weighted by Gasteiger charge is -1.77. The zero-order valence-electron chi connectivity index (χ0n) is 2.92. The molecule has 0 radical (unpaired) electrons. The highest BCUT2D eigenvalue weighted by Gasteiger charge is 2.15. The van der Waals surface area contributed by atoms with Gasteiger partial charge in [0.15, 0.2) is 0 Å². The first kappa shape index (κ1) is 5.59. The zero-order valence-corrected chi connectivity index (χ0v) is 2.92. The van der Waals surface area contributed by atoms with E-state index in [9.17, 15) is 13.0 Å². The highest BCUT2D eigenvalue weighted by Crippen LogP contribution is 1.99. The SMILES string of the molecule is C=C(F)B(F)F. The Balaban J connectivity index is 3.26. The van der Waals surface area contributed by atoms with Gasteiger partial charge in [-0.15, -0.1) is 0 Å². The normalized spacial score (nSPS) is 7.83. The van der Waals surface area contributed by atoms with E-state index in [1.165, 1.54) is 0 Å². The second-order valence-corrected chi connectivity index (χ2v) is 0.748. The molecular weight excluding hydrogens is 91.8 g/mol. The summed E-state index contributed by atoms with van der Waals surface area (Å²) in [5, 5.41) is 0. The fraction of sp³-hybridized carbons (Fsp3) is 0. The number of hydrogen-bond donors (Lipinski definition) is 0. The van der Waals surface area contributed by atoms with Gasteiger partial charge < -0.3 is 0 Å². The molecule has 6 heavy (non-hydrogen) atoms. The molecule has 0 aliphatic carbocycles. The van der Waals surface area contributed by atoms with Gasteiger partial charge in [0, 0.05) is 0 Å². The van der Waals surface area contributed by atoms with Crippen molar-refractivity contribution < 1.29 is 13.0 Å². The maximum atomic E-state index is 10.9. The number of halogens is 3. The molecule has 0 rings (SSSR count). The molecule has 0 N–H and O–H groups in total. The van der Waals surface area contributed by atoms with Crippen LogP contribution in [0.5, 0.6) is 0 Å². The Morgan fingerprint density at radius 2 is 1.67 bits per heavy atom. The van der Waals surface area contributed by atoms with E-state index in [1.54, 1.807) is 0 Å². The Bertz CT molecular complexity index is 59.8. The van der Waals surface area contributed by atoms with Crippen LogP contribution in [0.1, 0.15) is 0 Å². The first-order valence-corrected chi connectivity index (χ1v) is 1.27. The lowest BCUT2D eigenvalue weighted by atomic mass is 9.99. The van der Waals surface area contributed by atoms with Crippen LogP contribution in [0, 0.1) is 0 Å². The largest absolute Gasteiger partial charge is 0.600 e. The molecule has 0 saturated carbocycles. The quantitative estimate of drug-likeness (QED) is 0.431. The minimum absolute atomic E-state index is 1.57. The Hall–Kier alpha value is -0.405. The monoisotopic (exact) mass is 94.0 g/mol. The standard InChI is InChI=1S/C2H2BF3/c1-2(4)3(5)6/h1H2. The Labute approximate surface area is 33.8 Å². The van der Waals surface area contributed by atoms with Crippen molar-refractivity contribution in [2.75, 3.05) is 0 Å². The van der Waals surface area contributed by atoms with Crippen LogP contribution in [0.2, 0.25) is 0 Å². The first-order chi connectivity index (χ1) is 2.64. The highest BCUT2D eigenvalue weighted by molar-refractivity contribution is 6.50. The van der Waals surface area contributed by atoms with E-state index in [0.29, 0.717) is 0 Å². The van der Waals surface area contributed by atoms with E-state index < -0.39 is 13.0 Å². The molecule has 4 heteroatoms. The van der Waals surface area contributed by atoms with Gasteiger partial charge in [-0.3, -0.25) is 8.63 Å². The third-order valence-electron chi connectivity index (χ3n) is 0.237. The Kier molecular flexibility index (Phi) is 1.77. The molecule has 0 nitrogen and oxygen atoms in total. The first-order valence-electron chi connectivity index (χ1n) is 1.27. The van der Waals surface area contributed by atoms with E-state index in [1.807, 2.05) is 0 Å². The van der Waals surface area contributed by atoms with Crippen molar-refractivity contribution in [3.63, 3.8) is 0 Å². The molecule has 0 aliphatic heterocycles. The smallest absolute Gasteiger partial charge is 0.279 e. The second-order valence-electron chi connectivity index (χ2n) is 0.748. The number of hydrogen-bond acceptors (Lipinski definition) is 0. The molecule has 0 aromatic carbocycles. The van der Waals surface area contributed by atoms with Gasteiger partial charge in [0.05, 0.1) is 0 Å². The van der Waals surface area contributed by atoms with Crippen molar-refractivity contribution >= 4 is 7.27 Å². The van der Waals surface area contributed by atoms with Crippen LogP contribution in [0.4, 0.5) is 13.0 Å². The van der Waals surface area contributed by atoms with Crippen molar-refractivity contribution in [1.82, 2.24) is 0 Å². The summed E-state index contributed by atoms with van der Waals surface area (Å²) in [6.45, 7) is 2.34. The molecule has 0 aromatic rings. The van der Waals surface area contributed by atoms with Crippen molar-refractivity contribution in [1.29, 1.82) is 0 Å². The van der Waals surface area contributed by atoms with Gasteiger partial charge in [-0.2, -0.15) is 0 Å². The molecule has 0 unspecified atom stereocenters. The third-order valence-corrected chi connectivity index (χ3v) is 0.237. The second kappa shape index (κ2) is 1.90. The van der Waals surface area contributed by atoms with Crippen LogP contribution < -0.4 is 0 Å². The van der Waals surface area contributed by atoms with Gasteiger partial charge in [-0.05, 0) is 0 Å². The van der Waals surface area contributed by atoms with E-state index in [4.69, 9.17) is 0 Å². The Morgan fingerprint density at radius 3 is 1.67 bits per heavy atom. The van der Waals surface area contributed by atoms with Crippen LogP contribution in [-0.4, -0.2) is 7.27 Å². The van der Waals surface area contributed by atoms with Gasteiger partial charge in [-0.25, -0.2) is 4.39 Å².